The molecular formula is C33H34ClN9O2. The Balaban J connectivity index is 1.61. The van der Waals surface area contributed by atoms with Crippen LogP contribution in [-0.4, -0.2) is 79.8 Å². The summed E-state index contributed by atoms with van der Waals surface area (Å²) in [6, 6.07) is 5.75. The lowest BCUT2D eigenvalue weighted by Crippen LogP contribution is -2.57. The molecule has 230 valence electrons. The average molecular weight is 624 g/mol. The lowest BCUT2D eigenvalue weighted by atomic mass is 9.99. The Morgan fingerprint density at radius 1 is 1.11 bits per heavy atom. The predicted octanol–water partition coefficient (Wildman–Crippen LogP) is 4.77. The molecule has 1 unspecified atom stereocenters. The SMILES string of the molecule is C=CC(=O)N1CCN2c3nc(=O)n(-c4c(C)ccnc4C(C)C)c4nc(-c5c(C)ccc6[nH]ncc56)c(Cl)c(c34)N(C)CC2C1. The molecule has 45 heavy (non-hydrogen) atoms. The summed E-state index contributed by atoms with van der Waals surface area (Å²) in [5.74, 6) is 0.438. The molecule has 1 amide bonds. The number of anilines is 2. The number of aromatic nitrogens is 6. The predicted molar refractivity (Wildman–Crippen MR) is 178 cm³/mol. The number of aromatic amines is 1. The number of amides is 1. The van der Waals surface area contributed by atoms with E-state index < -0.39 is 5.69 Å². The molecular weight excluding hydrogens is 590 g/mol. The molecule has 6 heterocycles. The zero-order valence-corrected chi connectivity index (χ0v) is 26.7. The molecule has 0 bridgehead atoms. The molecule has 0 saturated carbocycles. The molecule has 4 aromatic heterocycles. The van der Waals surface area contributed by atoms with Crippen molar-refractivity contribution in [2.45, 2.75) is 39.7 Å². The number of benzene rings is 1. The Hall–Kier alpha value is -4.77. The molecule has 0 aliphatic carbocycles. The fourth-order valence-electron chi connectivity index (χ4n) is 6.88. The van der Waals surface area contributed by atoms with Crippen molar-refractivity contribution < 1.29 is 4.79 Å². The van der Waals surface area contributed by atoms with Crippen LogP contribution in [0.4, 0.5) is 11.5 Å². The van der Waals surface area contributed by atoms with Gasteiger partial charge in [0.15, 0.2) is 5.65 Å². The molecule has 7 rings (SSSR count). The van der Waals surface area contributed by atoms with Crippen molar-refractivity contribution in [2.24, 2.45) is 0 Å². The van der Waals surface area contributed by atoms with Crippen molar-refractivity contribution in [3.63, 3.8) is 0 Å². The first kappa shape index (κ1) is 29.0. The average Bonchev–Trinajstić information content (AvgIpc) is 3.45. The molecule has 0 spiro atoms. The van der Waals surface area contributed by atoms with Gasteiger partial charge in [-0.05, 0) is 49.1 Å². The zero-order valence-electron chi connectivity index (χ0n) is 25.9. The molecule has 1 N–H and O–H groups in total. The third-order valence-corrected chi connectivity index (χ3v) is 9.38. The minimum atomic E-state index is -0.451. The quantitative estimate of drug-likeness (QED) is 0.285. The number of nitrogens with zero attached hydrogens (tertiary/aromatic N) is 8. The number of piperazine rings is 1. The number of carbonyl (C=O) groups is 1. The van der Waals surface area contributed by atoms with Gasteiger partial charge in [0.1, 0.15) is 5.82 Å². The molecule has 12 heteroatoms. The van der Waals surface area contributed by atoms with Gasteiger partial charge in [-0.2, -0.15) is 10.1 Å². The van der Waals surface area contributed by atoms with Crippen LogP contribution >= 0.6 is 11.6 Å². The van der Waals surface area contributed by atoms with Gasteiger partial charge in [0.05, 0.1) is 50.9 Å². The second-order valence-electron chi connectivity index (χ2n) is 12.2. The Morgan fingerprint density at radius 3 is 2.67 bits per heavy atom. The number of carbonyl (C=O) groups excluding carboxylic acids is 1. The van der Waals surface area contributed by atoms with Crippen LogP contribution in [0.5, 0.6) is 0 Å². The number of likely N-dealkylation sites (N-methyl/N-ethyl adjacent to an activating group) is 1. The summed E-state index contributed by atoms with van der Waals surface area (Å²) in [5.41, 5.74) is 6.29. The smallest absolute Gasteiger partial charge is 0.355 e. The number of halogens is 1. The van der Waals surface area contributed by atoms with Crippen molar-refractivity contribution >= 4 is 50.9 Å². The van der Waals surface area contributed by atoms with E-state index in [9.17, 15) is 9.59 Å². The summed E-state index contributed by atoms with van der Waals surface area (Å²) >= 11 is 7.43. The summed E-state index contributed by atoms with van der Waals surface area (Å²) < 4.78 is 1.61. The second kappa shape index (κ2) is 10.7. The molecule has 5 aromatic rings. The lowest BCUT2D eigenvalue weighted by molar-refractivity contribution is -0.126. The van der Waals surface area contributed by atoms with Gasteiger partial charge in [-0.25, -0.2) is 14.3 Å². The number of hydrogen-bond donors (Lipinski definition) is 1. The highest BCUT2D eigenvalue weighted by Crippen LogP contribution is 2.47. The van der Waals surface area contributed by atoms with E-state index in [1.54, 1.807) is 21.9 Å². The fourth-order valence-corrected chi connectivity index (χ4v) is 7.26. The number of fused-ring (bicyclic) bond motifs is 3. The zero-order chi connectivity index (χ0) is 31.7. The van der Waals surface area contributed by atoms with Gasteiger partial charge in [-0.15, -0.1) is 0 Å². The summed E-state index contributed by atoms with van der Waals surface area (Å²) in [4.78, 5) is 47.7. The van der Waals surface area contributed by atoms with Gasteiger partial charge in [0.25, 0.3) is 0 Å². The van der Waals surface area contributed by atoms with Crippen molar-refractivity contribution in [1.82, 2.24) is 34.6 Å². The lowest BCUT2D eigenvalue weighted by Gasteiger charge is -2.41. The van der Waals surface area contributed by atoms with E-state index in [-0.39, 0.29) is 17.9 Å². The van der Waals surface area contributed by atoms with Gasteiger partial charge in [0.2, 0.25) is 5.91 Å². The van der Waals surface area contributed by atoms with Crippen LogP contribution in [0.2, 0.25) is 5.02 Å². The molecule has 1 saturated heterocycles. The maximum Gasteiger partial charge on any atom is 0.355 e. The highest BCUT2D eigenvalue weighted by molar-refractivity contribution is 6.38. The van der Waals surface area contributed by atoms with E-state index in [2.05, 4.69) is 40.4 Å². The maximum absolute atomic E-state index is 14.4. The fraction of sp³-hybridized carbons (Fsp3) is 0.333. The first-order chi connectivity index (χ1) is 21.6. The van der Waals surface area contributed by atoms with Crippen LogP contribution in [0.1, 0.15) is 36.6 Å². The number of rotatable bonds is 4. The summed E-state index contributed by atoms with van der Waals surface area (Å²) in [6.07, 6.45) is 4.89. The van der Waals surface area contributed by atoms with E-state index in [0.29, 0.717) is 59.4 Å². The largest absolute Gasteiger partial charge is 0.370 e. The van der Waals surface area contributed by atoms with Gasteiger partial charge in [0, 0.05) is 50.4 Å². The van der Waals surface area contributed by atoms with Crippen LogP contribution < -0.4 is 15.5 Å². The molecule has 0 radical (unpaired) electrons. The van der Waals surface area contributed by atoms with E-state index in [4.69, 9.17) is 26.6 Å². The van der Waals surface area contributed by atoms with Gasteiger partial charge in [-0.1, -0.05) is 38.1 Å². The highest BCUT2D eigenvalue weighted by Gasteiger charge is 2.38. The first-order valence-corrected chi connectivity index (χ1v) is 15.4. The number of aryl methyl sites for hydroxylation is 2. The van der Waals surface area contributed by atoms with Crippen LogP contribution in [0.15, 0.2) is 48.0 Å². The van der Waals surface area contributed by atoms with E-state index in [0.717, 1.165) is 39.0 Å². The number of nitrogens with one attached hydrogen (secondary N) is 1. The van der Waals surface area contributed by atoms with Gasteiger partial charge < -0.3 is 14.7 Å². The van der Waals surface area contributed by atoms with Crippen LogP contribution in [-0.2, 0) is 4.79 Å². The Bertz CT molecular complexity index is 2100. The van der Waals surface area contributed by atoms with Crippen molar-refractivity contribution in [3.05, 3.63) is 75.6 Å². The normalized spacial score (nSPS) is 16.4. The Kier molecular flexibility index (Phi) is 6.88. The van der Waals surface area contributed by atoms with E-state index in [1.807, 2.05) is 39.1 Å². The molecule has 2 aliphatic heterocycles. The summed E-state index contributed by atoms with van der Waals surface area (Å²) in [5, 5.41) is 9.38. The topological polar surface area (TPSA) is 116 Å². The molecule has 1 aromatic carbocycles. The summed E-state index contributed by atoms with van der Waals surface area (Å²) in [7, 11) is 1.99. The van der Waals surface area contributed by atoms with E-state index in [1.165, 1.54) is 6.08 Å². The number of pyridine rings is 2. The maximum atomic E-state index is 14.4. The second-order valence-corrected chi connectivity index (χ2v) is 12.6. The first-order valence-electron chi connectivity index (χ1n) is 15.0. The number of H-pyrrole nitrogens is 1. The van der Waals surface area contributed by atoms with Crippen LogP contribution in [0.3, 0.4) is 0 Å². The minimum Gasteiger partial charge on any atom is -0.370 e. The van der Waals surface area contributed by atoms with Gasteiger partial charge in [-0.3, -0.25) is 14.9 Å². The molecule has 11 nitrogen and oxygen atoms in total. The standard InChI is InChI=1S/C33H34ClN9O2/c1-7-23(44)41-12-13-42-20(16-41)15-40(6)30-25-31(42)38-33(45)43(29-19(5)10-11-35-27(29)17(2)3)32(25)37-28(26(30)34)24-18(4)8-9-22-21(24)14-36-39-22/h7-11,14,17,20H,1,12-13,15-16H2,2-6H3,(H,36,39). The van der Waals surface area contributed by atoms with Crippen molar-refractivity contribution in [3.8, 4) is 16.9 Å². The van der Waals surface area contributed by atoms with Crippen molar-refractivity contribution in [2.75, 3.05) is 43.0 Å². The van der Waals surface area contributed by atoms with Gasteiger partial charge >= 0.3 is 5.69 Å². The van der Waals surface area contributed by atoms with E-state index >= 15 is 0 Å². The molecule has 2 aliphatic rings. The third-order valence-electron chi connectivity index (χ3n) is 9.02. The Morgan fingerprint density at radius 2 is 1.91 bits per heavy atom. The number of hydrogen-bond acceptors (Lipinski definition) is 8. The Labute approximate surface area is 265 Å². The van der Waals surface area contributed by atoms with Crippen molar-refractivity contribution in [1.29, 1.82) is 0 Å². The van der Waals surface area contributed by atoms with Crippen LogP contribution in [0.25, 0.3) is 38.9 Å². The third kappa shape index (κ3) is 4.40. The molecule has 1 atom stereocenters. The minimum absolute atomic E-state index is 0.0351. The highest BCUT2D eigenvalue weighted by atomic mass is 35.5. The monoisotopic (exact) mass is 623 g/mol. The molecule has 1 fully saturated rings. The summed E-state index contributed by atoms with van der Waals surface area (Å²) in [6.45, 7) is 13.8. The van der Waals surface area contributed by atoms with Crippen LogP contribution in [0, 0.1) is 13.8 Å².